The molecule has 0 aliphatic rings. The van der Waals surface area contributed by atoms with Crippen LogP contribution in [0.1, 0.15) is 41.5 Å². The molecule has 0 aliphatic heterocycles. The Hall–Kier alpha value is -2.24. The molecule has 0 atom stereocenters. The number of aldehydes is 1. The standard InChI is InChI=1S/C12H13NO5/c1-12(2,3)18-11(15)10-5-4-9(13(16)17)6-8(10)7-14/h4-7H,1-3H3. The van der Waals surface area contributed by atoms with Gasteiger partial charge in [-0.25, -0.2) is 4.79 Å². The average Bonchev–Trinajstić information content (AvgIpc) is 2.25. The molecular weight excluding hydrogens is 238 g/mol. The van der Waals surface area contributed by atoms with E-state index in [1.807, 2.05) is 0 Å². The molecule has 96 valence electrons. The number of carbonyl (C=O) groups is 2. The predicted molar refractivity (Wildman–Crippen MR) is 63.7 cm³/mol. The van der Waals surface area contributed by atoms with Gasteiger partial charge in [0.15, 0.2) is 6.29 Å². The highest BCUT2D eigenvalue weighted by atomic mass is 16.6. The van der Waals surface area contributed by atoms with Crippen LogP contribution in [0.5, 0.6) is 0 Å². The van der Waals surface area contributed by atoms with Crippen LogP contribution in [0, 0.1) is 10.1 Å². The SMILES string of the molecule is CC(C)(C)OC(=O)c1ccc([N+](=O)[O-])cc1C=O. The zero-order chi connectivity index (χ0) is 13.9. The minimum Gasteiger partial charge on any atom is -0.456 e. The molecule has 0 radical (unpaired) electrons. The monoisotopic (exact) mass is 251 g/mol. The summed E-state index contributed by atoms with van der Waals surface area (Å²) in [5.74, 6) is -0.681. The fourth-order valence-electron chi connectivity index (χ4n) is 1.28. The van der Waals surface area contributed by atoms with Gasteiger partial charge in [0.2, 0.25) is 0 Å². The number of nitro benzene ring substituents is 1. The van der Waals surface area contributed by atoms with Crippen LogP contribution in [0.15, 0.2) is 18.2 Å². The van der Waals surface area contributed by atoms with E-state index >= 15 is 0 Å². The largest absolute Gasteiger partial charge is 0.456 e. The van der Waals surface area contributed by atoms with E-state index in [2.05, 4.69) is 0 Å². The fourth-order valence-corrected chi connectivity index (χ4v) is 1.28. The van der Waals surface area contributed by atoms with Gasteiger partial charge in [-0.15, -0.1) is 0 Å². The van der Waals surface area contributed by atoms with Gasteiger partial charge in [0.25, 0.3) is 5.69 Å². The maximum absolute atomic E-state index is 11.8. The van der Waals surface area contributed by atoms with Crippen molar-refractivity contribution in [1.82, 2.24) is 0 Å². The molecule has 0 N–H and O–H groups in total. The van der Waals surface area contributed by atoms with Gasteiger partial charge in [-0.2, -0.15) is 0 Å². The first kappa shape index (κ1) is 13.8. The molecule has 0 bridgehead atoms. The molecule has 1 rings (SSSR count). The molecule has 0 aliphatic carbocycles. The molecule has 0 saturated carbocycles. The van der Waals surface area contributed by atoms with Crippen LogP contribution in [0.2, 0.25) is 0 Å². The first-order valence-corrected chi connectivity index (χ1v) is 5.21. The van der Waals surface area contributed by atoms with Crippen LogP contribution in [-0.4, -0.2) is 22.8 Å². The number of esters is 1. The third-order valence-corrected chi connectivity index (χ3v) is 1.99. The number of hydrogen-bond acceptors (Lipinski definition) is 5. The normalized spacial score (nSPS) is 10.8. The number of hydrogen-bond donors (Lipinski definition) is 0. The molecule has 0 saturated heterocycles. The van der Waals surface area contributed by atoms with Gasteiger partial charge in [-0.05, 0) is 26.8 Å². The lowest BCUT2D eigenvalue weighted by Gasteiger charge is -2.19. The van der Waals surface area contributed by atoms with E-state index in [0.717, 1.165) is 12.1 Å². The second-order valence-electron chi connectivity index (χ2n) is 4.65. The van der Waals surface area contributed by atoms with Crippen LogP contribution in [0.25, 0.3) is 0 Å². The highest BCUT2D eigenvalue weighted by Crippen LogP contribution is 2.19. The molecule has 6 heteroatoms. The molecule has 0 heterocycles. The third kappa shape index (κ3) is 3.38. The summed E-state index contributed by atoms with van der Waals surface area (Å²) in [6.45, 7) is 5.07. The molecule has 0 spiro atoms. The van der Waals surface area contributed by atoms with Gasteiger partial charge in [-0.3, -0.25) is 14.9 Å². The Morgan fingerprint density at radius 2 is 2.00 bits per heavy atom. The summed E-state index contributed by atoms with van der Waals surface area (Å²) >= 11 is 0. The van der Waals surface area contributed by atoms with Crippen molar-refractivity contribution in [2.45, 2.75) is 26.4 Å². The molecule has 0 unspecified atom stereocenters. The Kier molecular flexibility index (Phi) is 3.80. The molecule has 18 heavy (non-hydrogen) atoms. The summed E-state index contributed by atoms with van der Waals surface area (Å²) in [6.07, 6.45) is 0.395. The van der Waals surface area contributed by atoms with Crippen LogP contribution >= 0.6 is 0 Å². The second-order valence-corrected chi connectivity index (χ2v) is 4.65. The van der Waals surface area contributed by atoms with Crippen molar-refractivity contribution in [1.29, 1.82) is 0 Å². The number of rotatable bonds is 3. The van der Waals surface area contributed by atoms with Crippen molar-refractivity contribution in [2.75, 3.05) is 0 Å². The number of non-ortho nitro benzene ring substituents is 1. The van der Waals surface area contributed by atoms with E-state index in [1.165, 1.54) is 6.07 Å². The van der Waals surface area contributed by atoms with E-state index < -0.39 is 16.5 Å². The Morgan fingerprint density at radius 3 is 2.44 bits per heavy atom. The Balaban J connectivity index is 3.14. The number of nitrogens with zero attached hydrogens (tertiary/aromatic N) is 1. The van der Waals surface area contributed by atoms with Crippen LogP contribution in [-0.2, 0) is 4.74 Å². The van der Waals surface area contributed by atoms with Gasteiger partial charge in [0.05, 0.1) is 10.5 Å². The predicted octanol–water partition coefficient (Wildman–Crippen LogP) is 2.36. The highest BCUT2D eigenvalue weighted by Gasteiger charge is 2.21. The van der Waals surface area contributed by atoms with Crippen LogP contribution < -0.4 is 0 Å². The van der Waals surface area contributed by atoms with E-state index in [4.69, 9.17) is 4.74 Å². The minimum absolute atomic E-state index is 0.0190. The van der Waals surface area contributed by atoms with E-state index in [-0.39, 0.29) is 16.8 Å². The van der Waals surface area contributed by atoms with Crippen molar-refractivity contribution in [3.8, 4) is 0 Å². The highest BCUT2D eigenvalue weighted by molar-refractivity contribution is 5.98. The maximum atomic E-state index is 11.8. The lowest BCUT2D eigenvalue weighted by molar-refractivity contribution is -0.384. The van der Waals surface area contributed by atoms with Gasteiger partial charge < -0.3 is 4.74 Å². The molecule has 1 aromatic carbocycles. The molecule has 6 nitrogen and oxygen atoms in total. The first-order chi connectivity index (χ1) is 8.24. The zero-order valence-corrected chi connectivity index (χ0v) is 10.3. The molecule has 0 fully saturated rings. The van der Waals surface area contributed by atoms with Gasteiger partial charge in [-0.1, -0.05) is 0 Å². The Morgan fingerprint density at radius 1 is 1.39 bits per heavy atom. The third-order valence-electron chi connectivity index (χ3n) is 1.99. The van der Waals surface area contributed by atoms with Gasteiger partial charge in [0.1, 0.15) is 5.60 Å². The summed E-state index contributed by atoms with van der Waals surface area (Å²) in [5.41, 5.74) is -0.979. The van der Waals surface area contributed by atoms with Crippen molar-refractivity contribution in [3.05, 3.63) is 39.4 Å². The summed E-state index contributed by atoms with van der Waals surface area (Å²) in [5, 5.41) is 10.6. The Labute approximate surface area is 104 Å². The fraction of sp³-hybridized carbons (Fsp3) is 0.333. The van der Waals surface area contributed by atoms with Gasteiger partial charge in [0, 0.05) is 17.7 Å². The zero-order valence-electron chi connectivity index (χ0n) is 10.3. The number of nitro groups is 1. The average molecular weight is 251 g/mol. The van der Waals surface area contributed by atoms with E-state index in [0.29, 0.717) is 6.29 Å². The second kappa shape index (κ2) is 4.95. The van der Waals surface area contributed by atoms with Crippen molar-refractivity contribution >= 4 is 17.9 Å². The van der Waals surface area contributed by atoms with Crippen LogP contribution in [0.3, 0.4) is 0 Å². The maximum Gasteiger partial charge on any atom is 0.339 e. The smallest absolute Gasteiger partial charge is 0.339 e. The number of carbonyl (C=O) groups excluding carboxylic acids is 2. The quantitative estimate of drug-likeness (QED) is 0.356. The minimum atomic E-state index is -0.695. The van der Waals surface area contributed by atoms with Gasteiger partial charge >= 0.3 is 5.97 Å². The topological polar surface area (TPSA) is 86.5 Å². The first-order valence-electron chi connectivity index (χ1n) is 5.21. The molecule has 0 amide bonds. The lowest BCUT2D eigenvalue weighted by Crippen LogP contribution is -2.24. The summed E-state index contributed by atoms with van der Waals surface area (Å²) < 4.78 is 5.10. The molecule has 1 aromatic rings. The van der Waals surface area contributed by atoms with Crippen molar-refractivity contribution in [3.63, 3.8) is 0 Å². The summed E-state index contributed by atoms with van der Waals surface area (Å²) in [4.78, 5) is 32.5. The van der Waals surface area contributed by atoms with E-state index in [1.54, 1.807) is 20.8 Å². The number of benzene rings is 1. The lowest BCUT2D eigenvalue weighted by atomic mass is 10.1. The van der Waals surface area contributed by atoms with E-state index in [9.17, 15) is 19.7 Å². The van der Waals surface area contributed by atoms with Crippen LogP contribution in [0.4, 0.5) is 5.69 Å². The number of ether oxygens (including phenoxy) is 1. The van der Waals surface area contributed by atoms with Crippen molar-refractivity contribution < 1.29 is 19.2 Å². The van der Waals surface area contributed by atoms with Crippen molar-refractivity contribution in [2.24, 2.45) is 0 Å². The molecular formula is C12H13NO5. The summed E-state index contributed by atoms with van der Waals surface area (Å²) in [7, 11) is 0. The Bertz CT molecular complexity index is 502. The molecule has 0 aromatic heterocycles. The summed E-state index contributed by atoms with van der Waals surface area (Å²) in [6, 6.07) is 3.43.